The minimum atomic E-state index is -3.65. The molecule has 1 N–H and O–H groups in total. The SMILES string of the molecule is CCc1ccc(S(=O)(=O)NCCn2nc(-c3ccc(OC)cc3)n(C3CC3)c2=O)cc1. The molecule has 31 heavy (non-hydrogen) atoms. The Kier molecular flexibility index (Phi) is 5.97. The van der Waals surface area contributed by atoms with Crippen LogP contribution in [-0.2, 0) is 23.0 Å². The first-order chi connectivity index (χ1) is 14.9. The van der Waals surface area contributed by atoms with E-state index in [0.29, 0.717) is 5.82 Å². The van der Waals surface area contributed by atoms with Crippen molar-refractivity contribution in [3.8, 4) is 17.1 Å². The van der Waals surface area contributed by atoms with Crippen LogP contribution in [0.25, 0.3) is 11.4 Å². The summed E-state index contributed by atoms with van der Waals surface area (Å²) in [7, 11) is -2.05. The number of rotatable bonds is 9. The smallest absolute Gasteiger partial charge is 0.346 e. The second-order valence-corrected chi connectivity index (χ2v) is 9.32. The molecule has 1 saturated carbocycles. The lowest BCUT2D eigenvalue weighted by atomic mass is 10.2. The normalized spacial score (nSPS) is 14.0. The molecule has 1 aliphatic carbocycles. The number of hydrogen-bond donors (Lipinski definition) is 1. The van der Waals surface area contributed by atoms with Gasteiger partial charge in [-0.25, -0.2) is 22.6 Å². The molecule has 1 fully saturated rings. The number of benzene rings is 2. The van der Waals surface area contributed by atoms with E-state index in [1.807, 2.05) is 31.2 Å². The largest absolute Gasteiger partial charge is 0.497 e. The number of nitrogens with zero attached hydrogens (tertiary/aromatic N) is 3. The van der Waals surface area contributed by atoms with Gasteiger partial charge >= 0.3 is 5.69 Å². The first-order valence-electron chi connectivity index (χ1n) is 10.4. The standard InChI is InChI=1S/C22H26N4O4S/c1-3-16-4-12-20(13-5-16)31(28,29)23-14-15-25-22(27)26(18-8-9-18)21(24-25)17-6-10-19(30-2)11-7-17/h4-7,10-13,18,23H,3,8-9,14-15H2,1-2H3. The topological polar surface area (TPSA) is 95.2 Å². The van der Waals surface area contributed by atoms with E-state index in [2.05, 4.69) is 9.82 Å². The van der Waals surface area contributed by atoms with Gasteiger partial charge in [-0.2, -0.15) is 0 Å². The van der Waals surface area contributed by atoms with Crippen molar-refractivity contribution in [1.82, 2.24) is 19.1 Å². The molecule has 9 heteroatoms. The molecule has 2 aromatic carbocycles. The number of hydrogen-bond acceptors (Lipinski definition) is 5. The van der Waals surface area contributed by atoms with Gasteiger partial charge in [0.1, 0.15) is 5.75 Å². The summed E-state index contributed by atoms with van der Waals surface area (Å²) in [6, 6.07) is 14.3. The van der Waals surface area contributed by atoms with Gasteiger partial charge in [-0.3, -0.25) is 4.57 Å². The Morgan fingerprint density at radius 1 is 1.10 bits per heavy atom. The minimum absolute atomic E-state index is 0.0709. The van der Waals surface area contributed by atoms with E-state index in [1.165, 1.54) is 4.68 Å². The third-order valence-electron chi connectivity index (χ3n) is 5.39. The first kappa shape index (κ1) is 21.3. The van der Waals surface area contributed by atoms with Gasteiger partial charge in [0.25, 0.3) is 0 Å². The van der Waals surface area contributed by atoms with Crippen LogP contribution in [-0.4, -0.2) is 36.4 Å². The summed E-state index contributed by atoms with van der Waals surface area (Å²) in [5.41, 5.74) is 1.67. The summed E-state index contributed by atoms with van der Waals surface area (Å²) in [5.74, 6) is 1.32. The molecule has 0 saturated heterocycles. The zero-order valence-electron chi connectivity index (χ0n) is 17.6. The molecule has 1 aliphatic rings. The summed E-state index contributed by atoms with van der Waals surface area (Å²) in [5, 5.41) is 4.50. The maximum Gasteiger partial charge on any atom is 0.346 e. The fourth-order valence-electron chi connectivity index (χ4n) is 3.44. The highest BCUT2D eigenvalue weighted by atomic mass is 32.2. The number of aromatic nitrogens is 3. The Morgan fingerprint density at radius 3 is 2.35 bits per heavy atom. The Bertz CT molecular complexity index is 1210. The number of ether oxygens (including phenoxy) is 1. The van der Waals surface area contributed by atoms with Crippen molar-refractivity contribution in [3.05, 3.63) is 64.6 Å². The van der Waals surface area contributed by atoms with E-state index in [0.717, 1.165) is 36.1 Å². The Hall–Kier alpha value is -2.91. The number of aryl methyl sites for hydroxylation is 1. The highest BCUT2D eigenvalue weighted by Crippen LogP contribution is 2.36. The summed E-state index contributed by atoms with van der Waals surface area (Å²) < 4.78 is 35.9. The van der Waals surface area contributed by atoms with Gasteiger partial charge in [0.2, 0.25) is 10.0 Å². The van der Waals surface area contributed by atoms with E-state index >= 15 is 0 Å². The van der Waals surface area contributed by atoms with Crippen molar-refractivity contribution >= 4 is 10.0 Å². The van der Waals surface area contributed by atoms with E-state index < -0.39 is 10.0 Å². The minimum Gasteiger partial charge on any atom is -0.497 e. The first-order valence-corrected chi connectivity index (χ1v) is 11.8. The summed E-state index contributed by atoms with van der Waals surface area (Å²) in [4.78, 5) is 13.1. The van der Waals surface area contributed by atoms with E-state index in [9.17, 15) is 13.2 Å². The second kappa shape index (κ2) is 8.68. The number of sulfonamides is 1. The molecule has 0 amide bonds. The molecule has 4 rings (SSSR count). The van der Waals surface area contributed by atoms with Crippen LogP contribution < -0.4 is 15.1 Å². The predicted octanol–water partition coefficient (Wildman–Crippen LogP) is 2.60. The maximum atomic E-state index is 12.9. The zero-order chi connectivity index (χ0) is 22.0. The van der Waals surface area contributed by atoms with Gasteiger partial charge in [0.15, 0.2) is 5.82 Å². The van der Waals surface area contributed by atoms with Crippen molar-refractivity contribution in [2.45, 2.75) is 43.7 Å². The lowest BCUT2D eigenvalue weighted by molar-refractivity contribution is 0.415. The van der Waals surface area contributed by atoms with Gasteiger partial charge in [0, 0.05) is 18.2 Å². The Balaban J connectivity index is 1.51. The summed E-state index contributed by atoms with van der Waals surface area (Å²) in [6.45, 7) is 2.23. The van der Waals surface area contributed by atoms with E-state index in [-0.39, 0.29) is 29.7 Å². The van der Waals surface area contributed by atoms with Crippen LogP contribution in [0.4, 0.5) is 0 Å². The average molecular weight is 443 g/mol. The molecule has 8 nitrogen and oxygen atoms in total. The fraction of sp³-hybridized carbons (Fsp3) is 0.364. The van der Waals surface area contributed by atoms with Gasteiger partial charge in [-0.1, -0.05) is 19.1 Å². The van der Waals surface area contributed by atoms with Crippen LogP contribution in [0.5, 0.6) is 5.75 Å². The fourth-order valence-corrected chi connectivity index (χ4v) is 4.46. The molecule has 0 atom stereocenters. The number of methoxy groups -OCH3 is 1. The Morgan fingerprint density at radius 2 is 1.77 bits per heavy atom. The second-order valence-electron chi connectivity index (χ2n) is 7.55. The molecule has 0 unspecified atom stereocenters. The molecule has 1 heterocycles. The van der Waals surface area contributed by atoms with Crippen LogP contribution in [0, 0.1) is 0 Å². The van der Waals surface area contributed by atoms with Crippen LogP contribution in [0.1, 0.15) is 31.4 Å². The van der Waals surface area contributed by atoms with Crippen LogP contribution in [0.3, 0.4) is 0 Å². The van der Waals surface area contributed by atoms with Crippen molar-refractivity contribution in [1.29, 1.82) is 0 Å². The van der Waals surface area contributed by atoms with E-state index in [4.69, 9.17) is 4.74 Å². The maximum absolute atomic E-state index is 12.9. The van der Waals surface area contributed by atoms with Crippen molar-refractivity contribution in [3.63, 3.8) is 0 Å². The molecular formula is C22H26N4O4S. The van der Waals surface area contributed by atoms with Crippen molar-refractivity contribution < 1.29 is 13.2 Å². The molecule has 3 aromatic rings. The average Bonchev–Trinajstić information content (AvgIpc) is 3.57. The Labute approximate surface area is 181 Å². The van der Waals surface area contributed by atoms with Gasteiger partial charge < -0.3 is 4.74 Å². The highest BCUT2D eigenvalue weighted by Gasteiger charge is 2.30. The lowest BCUT2D eigenvalue weighted by Gasteiger charge is -2.07. The predicted molar refractivity (Wildman–Crippen MR) is 118 cm³/mol. The van der Waals surface area contributed by atoms with Crippen molar-refractivity contribution in [2.24, 2.45) is 0 Å². The monoisotopic (exact) mass is 442 g/mol. The summed E-state index contributed by atoms with van der Waals surface area (Å²) in [6.07, 6.45) is 2.72. The molecule has 0 spiro atoms. The molecule has 0 aliphatic heterocycles. The van der Waals surface area contributed by atoms with Gasteiger partial charge in [-0.05, 0) is 61.2 Å². The third kappa shape index (κ3) is 4.57. The quantitative estimate of drug-likeness (QED) is 0.550. The van der Waals surface area contributed by atoms with E-state index in [1.54, 1.807) is 35.9 Å². The number of nitrogens with one attached hydrogen (secondary N) is 1. The van der Waals surface area contributed by atoms with Crippen LogP contribution >= 0.6 is 0 Å². The van der Waals surface area contributed by atoms with Gasteiger partial charge in [-0.15, -0.1) is 5.10 Å². The summed E-state index contributed by atoms with van der Waals surface area (Å²) >= 11 is 0. The van der Waals surface area contributed by atoms with Crippen LogP contribution in [0.2, 0.25) is 0 Å². The third-order valence-corrected chi connectivity index (χ3v) is 6.87. The molecular weight excluding hydrogens is 416 g/mol. The molecule has 0 bridgehead atoms. The molecule has 0 radical (unpaired) electrons. The highest BCUT2D eigenvalue weighted by molar-refractivity contribution is 7.89. The van der Waals surface area contributed by atoms with Gasteiger partial charge in [0.05, 0.1) is 18.6 Å². The lowest BCUT2D eigenvalue weighted by Crippen LogP contribution is -2.32. The van der Waals surface area contributed by atoms with Crippen molar-refractivity contribution in [2.75, 3.05) is 13.7 Å². The van der Waals surface area contributed by atoms with Crippen LogP contribution in [0.15, 0.2) is 58.2 Å². The molecule has 164 valence electrons. The molecule has 1 aromatic heterocycles. The zero-order valence-corrected chi connectivity index (χ0v) is 18.4.